The second-order valence-corrected chi connectivity index (χ2v) is 17.2. The SMILES string of the molecule is CCCCCCCCC(CCCCCC)C(=O)OCCCCC1CN(CCCC)CC1CCCCOC(=O)C(CCCCCC)CCCCCCCC. The number of esters is 2. The Labute approximate surface area is 331 Å². The number of rotatable bonds is 39. The van der Waals surface area contributed by atoms with Gasteiger partial charge < -0.3 is 14.4 Å². The van der Waals surface area contributed by atoms with E-state index >= 15 is 0 Å². The fraction of sp³-hybridized carbons (Fsp3) is 0.958. The van der Waals surface area contributed by atoms with E-state index in [1.165, 1.54) is 148 Å². The first-order valence-electron chi connectivity index (χ1n) is 24.1. The van der Waals surface area contributed by atoms with E-state index in [-0.39, 0.29) is 23.8 Å². The van der Waals surface area contributed by atoms with Crippen molar-refractivity contribution in [3.05, 3.63) is 0 Å². The Kier molecular flexibility index (Phi) is 34.4. The number of likely N-dealkylation sites (tertiary alicyclic amines) is 1. The molecule has 0 radical (unpaired) electrons. The van der Waals surface area contributed by atoms with Crippen molar-refractivity contribution in [2.24, 2.45) is 23.7 Å². The molecule has 53 heavy (non-hydrogen) atoms. The normalized spacial score (nSPS) is 17.3. The average Bonchev–Trinajstić information content (AvgIpc) is 3.55. The third-order valence-electron chi connectivity index (χ3n) is 12.2. The molecule has 0 aromatic carbocycles. The molecule has 4 unspecified atom stereocenters. The summed E-state index contributed by atoms with van der Waals surface area (Å²) in [6, 6.07) is 0. The number of unbranched alkanes of at least 4 members (excludes halogenated alkanes) is 19. The second-order valence-electron chi connectivity index (χ2n) is 17.2. The first kappa shape index (κ1) is 49.9. The highest BCUT2D eigenvalue weighted by Gasteiger charge is 2.31. The fourth-order valence-corrected chi connectivity index (χ4v) is 8.59. The van der Waals surface area contributed by atoms with Crippen molar-refractivity contribution in [1.82, 2.24) is 4.90 Å². The zero-order valence-corrected chi connectivity index (χ0v) is 36.6. The summed E-state index contributed by atoms with van der Waals surface area (Å²) in [5.41, 5.74) is 0. The lowest BCUT2D eigenvalue weighted by atomic mass is 9.87. The van der Waals surface area contributed by atoms with Gasteiger partial charge in [-0.1, -0.05) is 169 Å². The van der Waals surface area contributed by atoms with Crippen molar-refractivity contribution in [2.45, 2.75) is 240 Å². The lowest BCUT2D eigenvalue weighted by molar-refractivity contribution is -0.150. The van der Waals surface area contributed by atoms with Gasteiger partial charge in [-0.2, -0.15) is 0 Å². The van der Waals surface area contributed by atoms with E-state index in [1.807, 2.05) is 0 Å². The third kappa shape index (κ3) is 27.2. The van der Waals surface area contributed by atoms with Gasteiger partial charge in [0.05, 0.1) is 25.0 Å². The molecule has 0 amide bonds. The van der Waals surface area contributed by atoms with Crippen LogP contribution in [-0.4, -0.2) is 49.7 Å². The van der Waals surface area contributed by atoms with Crippen molar-refractivity contribution in [3.63, 3.8) is 0 Å². The van der Waals surface area contributed by atoms with E-state index < -0.39 is 0 Å². The quantitative estimate of drug-likeness (QED) is 0.0463. The van der Waals surface area contributed by atoms with Crippen molar-refractivity contribution < 1.29 is 19.1 Å². The van der Waals surface area contributed by atoms with Gasteiger partial charge in [-0.05, 0) is 89.0 Å². The Morgan fingerprint density at radius 3 is 1.11 bits per heavy atom. The van der Waals surface area contributed by atoms with E-state index in [2.05, 4.69) is 39.5 Å². The number of hydrogen-bond acceptors (Lipinski definition) is 5. The molecule has 0 spiro atoms. The Hall–Kier alpha value is -1.10. The van der Waals surface area contributed by atoms with Gasteiger partial charge in [-0.25, -0.2) is 0 Å². The molecule has 5 heteroatoms. The maximum Gasteiger partial charge on any atom is 0.308 e. The molecule has 0 aliphatic carbocycles. The van der Waals surface area contributed by atoms with Gasteiger partial charge in [-0.15, -0.1) is 0 Å². The molecule has 0 N–H and O–H groups in total. The number of hydrogen-bond donors (Lipinski definition) is 0. The summed E-state index contributed by atoms with van der Waals surface area (Å²) in [4.78, 5) is 29.0. The van der Waals surface area contributed by atoms with E-state index in [9.17, 15) is 9.59 Å². The molecule has 4 atom stereocenters. The highest BCUT2D eigenvalue weighted by Crippen LogP contribution is 2.32. The number of carbonyl (C=O) groups excluding carboxylic acids is 2. The standard InChI is InChI=1S/C48H93NO4/c1-6-11-16-20-22-26-34-43(32-24-18-13-8-3)47(50)52-39-30-28-36-45-41-49(38-15-10-5)42-46(45)37-29-31-40-53-48(51)44(33-25-19-14-9-4)35-27-23-21-17-12-7-2/h43-46H,6-42H2,1-5H3. The van der Waals surface area contributed by atoms with Crippen molar-refractivity contribution in [3.8, 4) is 0 Å². The van der Waals surface area contributed by atoms with Crippen LogP contribution in [0.5, 0.6) is 0 Å². The minimum atomic E-state index is 0.0745. The van der Waals surface area contributed by atoms with Crippen LogP contribution in [0.2, 0.25) is 0 Å². The fourth-order valence-electron chi connectivity index (χ4n) is 8.59. The highest BCUT2D eigenvalue weighted by molar-refractivity contribution is 5.72. The van der Waals surface area contributed by atoms with E-state index in [4.69, 9.17) is 9.47 Å². The topological polar surface area (TPSA) is 55.8 Å². The molecule has 1 aliphatic heterocycles. The van der Waals surface area contributed by atoms with Crippen LogP contribution in [-0.2, 0) is 19.1 Å². The Bertz CT molecular complexity index is 755. The second kappa shape index (κ2) is 36.5. The van der Waals surface area contributed by atoms with Crippen LogP contribution >= 0.6 is 0 Å². The Morgan fingerprint density at radius 2 is 0.755 bits per heavy atom. The van der Waals surface area contributed by atoms with Crippen LogP contribution < -0.4 is 0 Å². The van der Waals surface area contributed by atoms with Gasteiger partial charge in [0.1, 0.15) is 0 Å². The third-order valence-corrected chi connectivity index (χ3v) is 12.2. The molecule has 1 aliphatic rings. The number of nitrogens with zero attached hydrogens (tertiary/aromatic N) is 1. The molecule has 1 fully saturated rings. The summed E-state index contributed by atoms with van der Waals surface area (Å²) in [5.74, 6) is 1.81. The maximum absolute atomic E-state index is 13.1. The van der Waals surface area contributed by atoms with Crippen LogP contribution in [0.3, 0.4) is 0 Å². The summed E-state index contributed by atoms with van der Waals surface area (Å²) in [6.45, 7) is 16.1. The van der Waals surface area contributed by atoms with Gasteiger partial charge in [-0.3, -0.25) is 9.59 Å². The molecule has 0 aromatic rings. The lowest BCUT2D eigenvalue weighted by Gasteiger charge is -2.19. The summed E-state index contributed by atoms with van der Waals surface area (Å²) in [6.07, 6.45) is 38.4. The van der Waals surface area contributed by atoms with Crippen LogP contribution in [0.25, 0.3) is 0 Å². The largest absolute Gasteiger partial charge is 0.465 e. The molecule has 314 valence electrons. The Balaban J connectivity index is 2.48. The first-order chi connectivity index (χ1) is 26.0. The zero-order valence-electron chi connectivity index (χ0n) is 36.6. The van der Waals surface area contributed by atoms with Crippen LogP contribution in [0.15, 0.2) is 0 Å². The molecule has 1 rings (SSSR count). The minimum Gasteiger partial charge on any atom is -0.465 e. The first-order valence-corrected chi connectivity index (χ1v) is 24.1. The van der Waals surface area contributed by atoms with E-state index in [0.29, 0.717) is 13.2 Å². The predicted octanol–water partition coefficient (Wildman–Crippen LogP) is 14.4. The predicted molar refractivity (Wildman–Crippen MR) is 228 cm³/mol. The molecule has 1 heterocycles. The Morgan fingerprint density at radius 1 is 0.434 bits per heavy atom. The maximum atomic E-state index is 13.1. The van der Waals surface area contributed by atoms with Crippen LogP contribution in [0.4, 0.5) is 0 Å². The van der Waals surface area contributed by atoms with Crippen molar-refractivity contribution in [2.75, 3.05) is 32.8 Å². The van der Waals surface area contributed by atoms with Crippen molar-refractivity contribution >= 4 is 11.9 Å². The van der Waals surface area contributed by atoms with Crippen molar-refractivity contribution in [1.29, 1.82) is 0 Å². The summed E-state index contributed by atoms with van der Waals surface area (Å²) >= 11 is 0. The lowest BCUT2D eigenvalue weighted by Crippen LogP contribution is -2.22. The smallest absolute Gasteiger partial charge is 0.308 e. The molecule has 0 saturated carbocycles. The highest BCUT2D eigenvalue weighted by atomic mass is 16.5. The summed E-state index contributed by atoms with van der Waals surface area (Å²) < 4.78 is 11.9. The molecule has 0 bridgehead atoms. The molecule has 0 aromatic heterocycles. The monoisotopic (exact) mass is 748 g/mol. The average molecular weight is 748 g/mol. The van der Waals surface area contributed by atoms with E-state index in [1.54, 1.807) is 0 Å². The zero-order chi connectivity index (χ0) is 38.6. The summed E-state index contributed by atoms with van der Waals surface area (Å²) in [7, 11) is 0. The minimum absolute atomic E-state index is 0.0745. The molecule has 1 saturated heterocycles. The molecular weight excluding hydrogens is 655 g/mol. The van der Waals surface area contributed by atoms with Gasteiger partial charge in [0.25, 0.3) is 0 Å². The molecular formula is C48H93NO4. The number of ether oxygens (including phenoxy) is 2. The number of carbonyl (C=O) groups is 2. The van der Waals surface area contributed by atoms with Crippen LogP contribution in [0, 0.1) is 23.7 Å². The van der Waals surface area contributed by atoms with Gasteiger partial charge in [0.15, 0.2) is 0 Å². The van der Waals surface area contributed by atoms with E-state index in [0.717, 1.165) is 88.9 Å². The summed E-state index contributed by atoms with van der Waals surface area (Å²) in [5, 5.41) is 0. The molecule has 5 nitrogen and oxygen atoms in total. The van der Waals surface area contributed by atoms with Gasteiger partial charge in [0.2, 0.25) is 0 Å². The van der Waals surface area contributed by atoms with Crippen LogP contribution in [0.1, 0.15) is 240 Å². The van der Waals surface area contributed by atoms with Gasteiger partial charge in [0, 0.05) is 13.1 Å². The van der Waals surface area contributed by atoms with Gasteiger partial charge >= 0.3 is 11.9 Å².